The van der Waals surface area contributed by atoms with Gasteiger partial charge in [-0.05, 0) is 18.6 Å². The van der Waals surface area contributed by atoms with Crippen molar-refractivity contribution in [2.24, 2.45) is 0 Å². The Hall–Kier alpha value is -1.64. The second-order valence-corrected chi connectivity index (χ2v) is 4.72. The molecule has 0 amide bonds. The highest BCUT2D eigenvalue weighted by atomic mass is 19.1. The van der Waals surface area contributed by atoms with Gasteiger partial charge >= 0.3 is 0 Å². The standard InChI is InChI=1S/C14H18FN3O/c1-2-13(18-5-3-17-4-6-18)11-7-10(9-16)8-12(15)14(11)19/h7-8,13,17,19H,2-6H2,1H3/t13-/m1/s1. The average molecular weight is 263 g/mol. The van der Waals surface area contributed by atoms with E-state index in [1.165, 1.54) is 0 Å². The lowest BCUT2D eigenvalue weighted by atomic mass is 9.98. The molecule has 0 aliphatic carbocycles. The summed E-state index contributed by atoms with van der Waals surface area (Å²) in [5.41, 5.74) is 0.764. The zero-order chi connectivity index (χ0) is 13.8. The van der Waals surface area contributed by atoms with Gasteiger partial charge in [-0.15, -0.1) is 0 Å². The fourth-order valence-corrected chi connectivity index (χ4v) is 2.61. The van der Waals surface area contributed by atoms with Gasteiger partial charge in [-0.2, -0.15) is 5.26 Å². The van der Waals surface area contributed by atoms with Crippen molar-refractivity contribution in [1.82, 2.24) is 10.2 Å². The van der Waals surface area contributed by atoms with Gasteiger partial charge in [0.2, 0.25) is 0 Å². The minimum absolute atomic E-state index is 0.0510. The molecule has 2 N–H and O–H groups in total. The predicted octanol–water partition coefficient (Wildman–Crippen LogP) is 1.76. The molecular formula is C14H18FN3O. The summed E-state index contributed by atoms with van der Waals surface area (Å²) in [4.78, 5) is 2.21. The summed E-state index contributed by atoms with van der Waals surface area (Å²) in [6, 6.07) is 4.55. The van der Waals surface area contributed by atoms with Crippen molar-refractivity contribution in [2.45, 2.75) is 19.4 Å². The van der Waals surface area contributed by atoms with E-state index in [0.29, 0.717) is 5.56 Å². The molecule has 0 aromatic heterocycles. The number of phenols is 1. The van der Waals surface area contributed by atoms with Crippen LogP contribution in [0.5, 0.6) is 5.75 Å². The smallest absolute Gasteiger partial charge is 0.166 e. The lowest BCUT2D eigenvalue weighted by Gasteiger charge is -2.35. The van der Waals surface area contributed by atoms with Gasteiger partial charge in [0.05, 0.1) is 11.6 Å². The molecule has 1 atom stereocenters. The summed E-state index contributed by atoms with van der Waals surface area (Å²) < 4.78 is 13.7. The molecule has 5 heteroatoms. The van der Waals surface area contributed by atoms with E-state index in [2.05, 4.69) is 10.2 Å². The molecule has 1 saturated heterocycles. The molecule has 1 aromatic rings. The Morgan fingerprint density at radius 1 is 1.47 bits per heavy atom. The highest BCUT2D eigenvalue weighted by Crippen LogP contribution is 2.34. The molecule has 0 saturated carbocycles. The Morgan fingerprint density at radius 3 is 2.74 bits per heavy atom. The van der Waals surface area contributed by atoms with Crippen LogP contribution in [0.3, 0.4) is 0 Å². The fourth-order valence-electron chi connectivity index (χ4n) is 2.61. The number of halogens is 1. The quantitative estimate of drug-likeness (QED) is 0.872. The molecule has 4 nitrogen and oxygen atoms in total. The van der Waals surface area contributed by atoms with Crippen LogP contribution in [0.2, 0.25) is 0 Å². The molecular weight excluding hydrogens is 245 g/mol. The lowest BCUT2D eigenvalue weighted by Crippen LogP contribution is -2.45. The van der Waals surface area contributed by atoms with E-state index in [1.807, 2.05) is 13.0 Å². The Labute approximate surface area is 112 Å². The molecule has 0 unspecified atom stereocenters. The summed E-state index contributed by atoms with van der Waals surface area (Å²) in [7, 11) is 0. The van der Waals surface area contributed by atoms with Crippen LogP contribution < -0.4 is 5.32 Å². The van der Waals surface area contributed by atoms with Crippen LogP contribution in [0.1, 0.15) is 30.5 Å². The molecule has 1 aliphatic heterocycles. The number of nitrogens with one attached hydrogen (secondary N) is 1. The first-order chi connectivity index (χ1) is 9.17. The highest BCUT2D eigenvalue weighted by molar-refractivity contribution is 5.44. The van der Waals surface area contributed by atoms with Crippen molar-refractivity contribution in [1.29, 1.82) is 5.26 Å². The molecule has 1 aliphatic rings. The van der Waals surface area contributed by atoms with Crippen molar-refractivity contribution in [2.75, 3.05) is 26.2 Å². The van der Waals surface area contributed by atoms with Crippen LogP contribution in [0, 0.1) is 17.1 Å². The normalized spacial score (nSPS) is 17.9. The molecule has 0 spiro atoms. The number of nitrogens with zero attached hydrogens (tertiary/aromatic N) is 2. The maximum absolute atomic E-state index is 13.7. The van der Waals surface area contributed by atoms with Gasteiger partial charge in [-0.25, -0.2) is 4.39 Å². The Balaban J connectivity index is 2.37. The molecule has 1 fully saturated rings. The van der Waals surface area contributed by atoms with Gasteiger partial charge in [0, 0.05) is 37.8 Å². The van der Waals surface area contributed by atoms with E-state index in [0.717, 1.165) is 38.7 Å². The first-order valence-corrected chi connectivity index (χ1v) is 6.54. The number of phenolic OH excluding ortho intramolecular Hbond substituents is 1. The molecule has 2 rings (SSSR count). The van der Waals surface area contributed by atoms with E-state index in [-0.39, 0.29) is 17.4 Å². The summed E-state index contributed by atoms with van der Waals surface area (Å²) in [6.45, 7) is 5.49. The number of benzene rings is 1. The van der Waals surface area contributed by atoms with Gasteiger partial charge in [-0.1, -0.05) is 6.92 Å². The summed E-state index contributed by atoms with van der Waals surface area (Å²) in [6.07, 6.45) is 0.766. The Bertz CT molecular complexity index is 492. The van der Waals surface area contributed by atoms with Crippen LogP contribution in [0.15, 0.2) is 12.1 Å². The number of hydrogen-bond donors (Lipinski definition) is 2. The lowest BCUT2D eigenvalue weighted by molar-refractivity contribution is 0.166. The first kappa shape index (κ1) is 13.8. The Kier molecular flexibility index (Phi) is 4.35. The SMILES string of the molecule is CC[C@H](c1cc(C#N)cc(F)c1O)N1CCNCC1. The number of hydrogen-bond acceptors (Lipinski definition) is 4. The van der Waals surface area contributed by atoms with Crippen molar-refractivity contribution in [3.8, 4) is 11.8 Å². The number of nitriles is 1. The first-order valence-electron chi connectivity index (χ1n) is 6.54. The number of rotatable bonds is 3. The van der Waals surface area contributed by atoms with E-state index in [1.54, 1.807) is 6.07 Å². The molecule has 1 aromatic carbocycles. The second kappa shape index (κ2) is 6.00. The molecule has 102 valence electrons. The maximum atomic E-state index is 13.7. The van der Waals surface area contributed by atoms with Crippen LogP contribution in [-0.4, -0.2) is 36.2 Å². The van der Waals surface area contributed by atoms with Gasteiger partial charge in [0.1, 0.15) is 0 Å². The van der Waals surface area contributed by atoms with Crippen LogP contribution in [0.25, 0.3) is 0 Å². The monoisotopic (exact) mass is 263 g/mol. The summed E-state index contributed by atoms with van der Waals surface area (Å²) in [5.74, 6) is -1.05. The fraction of sp³-hybridized carbons (Fsp3) is 0.500. The molecule has 0 bridgehead atoms. The van der Waals surface area contributed by atoms with Crippen molar-refractivity contribution in [3.05, 3.63) is 29.1 Å². The minimum Gasteiger partial charge on any atom is -0.505 e. The van der Waals surface area contributed by atoms with Crippen LogP contribution in [-0.2, 0) is 0 Å². The van der Waals surface area contributed by atoms with Gasteiger partial charge in [0.15, 0.2) is 11.6 Å². The average Bonchev–Trinajstić information content (AvgIpc) is 2.45. The third-order valence-corrected chi connectivity index (χ3v) is 3.56. The van der Waals surface area contributed by atoms with Gasteiger partial charge < -0.3 is 10.4 Å². The van der Waals surface area contributed by atoms with Crippen molar-refractivity contribution in [3.63, 3.8) is 0 Å². The molecule has 1 heterocycles. The molecule has 0 radical (unpaired) electrons. The van der Waals surface area contributed by atoms with Crippen molar-refractivity contribution >= 4 is 0 Å². The third kappa shape index (κ3) is 2.86. The largest absolute Gasteiger partial charge is 0.505 e. The van der Waals surface area contributed by atoms with E-state index in [9.17, 15) is 9.50 Å². The van der Waals surface area contributed by atoms with Gasteiger partial charge in [-0.3, -0.25) is 4.90 Å². The van der Waals surface area contributed by atoms with Crippen molar-refractivity contribution < 1.29 is 9.50 Å². The third-order valence-electron chi connectivity index (χ3n) is 3.56. The predicted molar refractivity (Wildman–Crippen MR) is 70.3 cm³/mol. The topological polar surface area (TPSA) is 59.3 Å². The zero-order valence-corrected chi connectivity index (χ0v) is 11.0. The summed E-state index contributed by atoms with van der Waals surface area (Å²) in [5, 5.41) is 22.1. The zero-order valence-electron chi connectivity index (χ0n) is 11.0. The maximum Gasteiger partial charge on any atom is 0.166 e. The molecule has 19 heavy (non-hydrogen) atoms. The highest BCUT2D eigenvalue weighted by Gasteiger charge is 2.24. The second-order valence-electron chi connectivity index (χ2n) is 4.72. The summed E-state index contributed by atoms with van der Waals surface area (Å²) >= 11 is 0. The van der Waals surface area contributed by atoms with Gasteiger partial charge in [0.25, 0.3) is 0 Å². The Morgan fingerprint density at radius 2 is 2.16 bits per heavy atom. The minimum atomic E-state index is -0.720. The van der Waals surface area contributed by atoms with Crippen LogP contribution in [0.4, 0.5) is 4.39 Å². The van der Waals surface area contributed by atoms with Crippen LogP contribution >= 0.6 is 0 Å². The number of aromatic hydroxyl groups is 1. The van der Waals surface area contributed by atoms with E-state index < -0.39 is 5.82 Å². The van der Waals surface area contributed by atoms with E-state index >= 15 is 0 Å². The number of piperazine rings is 1. The van der Waals surface area contributed by atoms with E-state index in [4.69, 9.17) is 5.26 Å².